The maximum Gasteiger partial charge on any atom is 0.0626 e. The predicted octanol–water partition coefficient (Wildman–Crippen LogP) is 4.44. The van der Waals surface area contributed by atoms with Gasteiger partial charge in [0.2, 0.25) is 0 Å². The molecule has 0 amide bonds. The van der Waals surface area contributed by atoms with E-state index in [2.05, 4.69) is 48.1 Å². The molecule has 0 bridgehead atoms. The van der Waals surface area contributed by atoms with E-state index in [1.165, 1.54) is 0 Å². The zero-order chi connectivity index (χ0) is 14.3. The van der Waals surface area contributed by atoms with Gasteiger partial charge in [-0.2, -0.15) is 0 Å². The second-order valence-electron chi connectivity index (χ2n) is 4.97. The van der Waals surface area contributed by atoms with Crippen LogP contribution in [0.2, 0.25) is 5.02 Å². The molecule has 1 aromatic carbocycles. The fourth-order valence-electron chi connectivity index (χ4n) is 1.80. The summed E-state index contributed by atoms with van der Waals surface area (Å²) in [5.74, 6) is 0. The quantitative estimate of drug-likeness (QED) is 0.750. The largest absolute Gasteiger partial charge is 0.377 e. The van der Waals surface area contributed by atoms with Crippen molar-refractivity contribution in [3.63, 3.8) is 0 Å². The van der Waals surface area contributed by atoms with Crippen LogP contribution in [0.3, 0.4) is 0 Å². The average Bonchev–Trinajstić information content (AvgIpc) is 2.35. The molecule has 0 heterocycles. The molecule has 108 valence electrons. The highest BCUT2D eigenvalue weighted by Crippen LogP contribution is 2.22. The summed E-state index contributed by atoms with van der Waals surface area (Å²) >= 11 is 9.70. The van der Waals surface area contributed by atoms with Crippen LogP contribution in [0, 0.1) is 0 Å². The molecular weight excluding hydrogens is 326 g/mol. The molecule has 0 spiro atoms. The summed E-state index contributed by atoms with van der Waals surface area (Å²) in [6.07, 6.45) is 2.26. The minimum absolute atomic E-state index is 0.256. The van der Waals surface area contributed by atoms with Crippen LogP contribution in [0.25, 0.3) is 0 Å². The molecule has 0 saturated heterocycles. The van der Waals surface area contributed by atoms with Crippen LogP contribution in [0.5, 0.6) is 0 Å². The first-order valence-corrected chi connectivity index (χ1v) is 7.99. The van der Waals surface area contributed by atoms with Crippen molar-refractivity contribution in [3.05, 3.63) is 33.3 Å². The van der Waals surface area contributed by atoms with Gasteiger partial charge in [-0.1, -0.05) is 40.5 Å². The topological polar surface area (TPSA) is 21.3 Å². The predicted molar refractivity (Wildman–Crippen MR) is 86.0 cm³/mol. The van der Waals surface area contributed by atoms with Crippen molar-refractivity contribution in [2.75, 3.05) is 13.2 Å². The van der Waals surface area contributed by atoms with Gasteiger partial charge in [0.05, 0.1) is 12.7 Å². The SMILES string of the molecule is CCCNC(COC(C)C)Cc1ccc(Br)cc1Cl. The maximum absolute atomic E-state index is 6.27. The van der Waals surface area contributed by atoms with E-state index in [0.29, 0.717) is 12.6 Å². The summed E-state index contributed by atoms with van der Waals surface area (Å²) in [6, 6.07) is 6.35. The Bertz CT molecular complexity index is 384. The van der Waals surface area contributed by atoms with E-state index < -0.39 is 0 Å². The van der Waals surface area contributed by atoms with E-state index in [-0.39, 0.29) is 6.10 Å². The number of nitrogens with one attached hydrogen (secondary N) is 1. The van der Waals surface area contributed by atoms with Crippen LogP contribution in [-0.4, -0.2) is 25.3 Å². The van der Waals surface area contributed by atoms with Crippen molar-refractivity contribution < 1.29 is 4.74 Å². The van der Waals surface area contributed by atoms with Crippen molar-refractivity contribution in [1.29, 1.82) is 0 Å². The van der Waals surface area contributed by atoms with Gasteiger partial charge in [-0.05, 0) is 50.9 Å². The number of ether oxygens (including phenoxy) is 1. The molecule has 4 heteroatoms. The first-order chi connectivity index (χ1) is 9.02. The van der Waals surface area contributed by atoms with Crippen LogP contribution >= 0.6 is 27.5 Å². The van der Waals surface area contributed by atoms with Gasteiger partial charge < -0.3 is 10.1 Å². The summed E-state index contributed by atoms with van der Waals surface area (Å²) in [7, 11) is 0. The normalized spacial score (nSPS) is 12.9. The summed E-state index contributed by atoms with van der Waals surface area (Å²) in [4.78, 5) is 0. The first kappa shape index (κ1) is 17.0. The number of hydrogen-bond acceptors (Lipinski definition) is 2. The summed E-state index contributed by atoms with van der Waals surface area (Å²) in [5, 5.41) is 4.33. The first-order valence-electron chi connectivity index (χ1n) is 6.81. The minimum atomic E-state index is 0.256. The Balaban J connectivity index is 2.63. The minimum Gasteiger partial charge on any atom is -0.377 e. The van der Waals surface area contributed by atoms with Crippen molar-refractivity contribution in [1.82, 2.24) is 5.32 Å². The summed E-state index contributed by atoms with van der Waals surface area (Å²) in [6.45, 7) is 8.00. The molecule has 1 unspecified atom stereocenters. The van der Waals surface area contributed by atoms with E-state index in [4.69, 9.17) is 16.3 Å². The van der Waals surface area contributed by atoms with Crippen molar-refractivity contribution in [3.8, 4) is 0 Å². The zero-order valence-corrected chi connectivity index (χ0v) is 14.2. The fourth-order valence-corrected chi connectivity index (χ4v) is 2.55. The van der Waals surface area contributed by atoms with Gasteiger partial charge in [-0.15, -0.1) is 0 Å². The monoisotopic (exact) mass is 347 g/mol. The van der Waals surface area contributed by atoms with Crippen LogP contribution in [0.1, 0.15) is 32.8 Å². The molecule has 0 aliphatic heterocycles. The number of rotatable bonds is 8. The third kappa shape index (κ3) is 6.75. The molecule has 1 N–H and O–H groups in total. The Morgan fingerprint density at radius 2 is 2.11 bits per heavy atom. The molecule has 1 atom stereocenters. The second-order valence-corrected chi connectivity index (χ2v) is 6.30. The lowest BCUT2D eigenvalue weighted by Crippen LogP contribution is -2.36. The van der Waals surface area contributed by atoms with E-state index >= 15 is 0 Å². The highest BCUT2D eigenvalue weighted by atomic mass is 79.9. The highest BCUT2D eigenvalue weighted by Gasteiger charge is 2.12. The van der Waals surface area contributed by atoms with Gasteiger partial charge in [0, 0.05) is 15.5 Å². The van der Waals surface area contributed by atoms with Gasteiger partial charge >= 0.3 is 0 Å². The highest BCUT2D eigenvalue weighted by molar-refractivity contribution is 9.10. The molecule has 0 aliphatic carbocycles. The summed E-state index contributed by atoms with van der Waals surface area (Å²) in [5.41, 5.74) is 1.16. The zero-order valence-electron chi connectivity index (χ0n) is 11.9. The number of benzene rings is 1. The Morgan fingerprint density at radius 3 is 2.68 bits per heavy atom. The van der Waals surface area contributed by atoms with Gasteiger partial charge in [0.1, 0.15) is 0 Å². The fraction of sp³-hybridized carbons (Fsp3) is 0.600. The number of halogens is 2. The molecular formula is C15H23BrClNO. The molecule has 2 nitrogen and oxygen atoms in total. The van der Waals surface area contributed by atoms with Crippen molar-refractivity contribution in [2.24, 2.45) is 0 Å². The van der Waals surface area contributed by atoms with Crippen molar-refractivity contribution in [2.45, 2.75) is 45.8 Å². The second kappa shape index (κ2) is 8.96. The molecule has 0 fully saturated rings. The third-order valence-corrected chi connectivity index (χ3v) is 3.64. The maximum atomic E-state index is 6.27. The molecule has 0 saturated carbocycles. The van der Waals surface area contributed by atoms with E-state index in [1.54, 1.807) is 0 Å². The molecule has 1 rings (SSSR count). The molecule has 0 aromatic heterocycles. The molecule has 1 aromatic rings. The van der Waals surface area contributed by atoms with Crippen LogP contribution in [0.15, 0.2) is 22.7 Å². The molecule has 19 heavy (non-hydrogen) atoms. The lowest BCUT2D eigenvalue weighted by atomic mass is 10.1. The Hall–Kier alpha value is -0.0900. The van der Waals surface area contributed by atoms with Gasteiger partial charge in [-0.25, -0.2) is 0 Å². The number of hydrogen-bond donors (Lipinski definition) is 1. The van der Waals surface area contributed by atoms with Crippen LogP contribution in [-0.2, 0) is 11.2 Å². The summed E-state index contributed by atoms with van der Waals surface area (Å²) < 4.78 is 6.73. The Morgan fingerprint density at radius 1 is 1.37 bits per heavy atom. The Labute approximate surface area is 130 Å². The average molecular weight is 349 g/mol. The lowest BCUT2D eigenvalue weighted by Gasteiger charge is -2.20. The van der Waals surface area contributed by atoms with Crippen molar-refractivity contribution >= 4 is 27.5 Å². The lowest BCUT2D eigenvalue weighted by molar-refractivity contribution is 0.0613. The van der Waals surface area contributed by atoms with Crippen LogP contribution < -0.4 is 5.32 Å². The van der Waals surface area contributed by atoms with E-state index in [1.807, 2.05) is 12.1 Å². The van der Waals surface area contributed by atoms with Crippen LogP contribution in [0.4, 0.5) is 0 Å². The van der Waals surface area contributed by atoms with E-state index in [9.17, 15) is 0 Å². The Kier molecular flexibility index (Phi) is 8.00. The standard InChI is InChI=1S/C15H23BrClNO/c1-4-7-18-14(10-19-11(2)3)8-12-5-6-13(16)9-15(12)17/h5-6,9,11,14,18H,4,7-8,10H2,1-3H3. The van der Waals surface area contributed by atoms with Gasteiger partial charge in [-0.3, -0.25) is 0 Å². The van der Waals surface area contributed by atoms with E-state index in [0.717, 1.165) is 34.4 Å². The third-order valence-electron chi connectivity index (χ3n) is 2.80. The molecule has 0 radical (unpaired) electrons. The van der Waals surface area contributed by atoms with Gasteiger partial charge in [0.15, 0.2) is 0 Å². The van der Waals surface area contributed by atoms with Gasteiger partial charge in [0.25, 0.3) is 0 Å². The smallest absolute Gasteiger partial charge is 0.0626 e. The molecule has 0 aliphatic rings.